The maximum absolute atomic E-state index is 13.1. The molecule has 0 bridgehead atoms. The van der Waals surface area contributed by atoms with E-state index in [1.54, 1.807) is 10.8 Å². The third-order valence-corrected chi connectivity index (χ3v) is 6.18. The monoisotopic (exact) mass is 420 g/mol. The third-order valence-electron chi connectivity index (χ3n) is 6.18. The van der Waals surface area contributed by atoms with Gasteiger partial charge in [0.1, 0.15) is 12.1 Å². The SMILES string of the molecule is CCCc1ccc(C(NC(=O)C2CCN(c3ccc4nncn4n3)CC2)C(C)C)cc1. The van der Waals surface area contributed by atoms with E-state index in [9.17, 15) is 4.79 Å². The van der Waals surface area contributed by atoms with Gasteiger partial charge in [0.15, 0.2) is 5.65 Å². The molecular weight excluding hydrogens is 388 g/mol. The predicted octanol–water partition coefficient (Wildman–Crippen LogP) is 3.81. The maximum Gasteiger partial charge on any atom is 0.223 e. The summed E-state index contributed by atoms with van der Waals surface area (Å²) >= 11 is 0. The van der Waals surface area contributed by atoms with Crippen molar-refractivity contribution < 1.29 is 4.79 Å². The summed E-state index contributed by atoms with van der Waals surface area (Å²) in [5.41, 5.74) is 3.28. The molecule has 3 aromatic rings. The van der Waals surface area contributed by atoms with Crippen molar-refractivity contribution in [1.82, 2.24) is 25.1 Å². The highest BCUT2D eigenvalue weighted by Crippen LogP contribution is 2.26. The molecule has 31 heavy (non-hydrogen) atoms. The van der Waals surface area contributed by atoms with Gasteiger partial charge < -0.3 is 10.2 Å². The first-order valence-electron chi connectivity index (χ1n) is 11.4. The number of piperidine rings is 1. The minimum atomic E-state index is 0.0375. The van der Waals surface area contributed by atoms with Crippen LogP contribution in [-0.4, -0.2) is 38.8 Å². The van der Waals surface area contributed by atoms with Crippen LogP contribution in [0.2, 0.25) is 0 Å². The van der Waals surface area contributed by atoms with E-state index >= 15 is 0 Å². The Balaban J connectivity index is 1.36. The number of amides is 1. The Morgan fingerprint density at radius 3 is 2.55 bits per heavy atom. The molecule has 1 amide bonds. The largest absolute Gasteiger partial charge is 0.355 e. The standard InChI is InChI=1S/C24H32N6O/c1-4-5-18-6-8-19(9-7-18)23(17(2)3)26-24(31)20-12-14-29(15-13-20)22-11-10-21-27-25-16-30(21)28-22/h6-11,16-17,20,23H,4-5,12-15H2,1-3H3,(H,26,31). The Hall–Kier alpha value is -2.96. The highest BCUT2D eigenvalue weighted by Gasteiger charge is 2.28. The molecule has 0 saturated carbocycles. The van der Waals surface area contributed by atoms with Crippen LogP contribution in [0.3, 0.4) is 0 Å². The van der Waals surface area contributed by atoms with Crippen molar-refractivity contribution in [2.24, 2.45) is 11.8 Å². The molecule has 164 valence electrons. The number of rotatable bonds is 7. The molecule has 1 aromatic carbocycles. The molecule has 0 aliphatic carbocycles. The zero-order valence-electron chi connectivity index (χ0n) is 18.7. The van der Waals surface area contributed by atoms with Gasteiger partial charge in [0.05, 0.1) is 6.04 Å². The van der Waals surface area contributed by atoms with Crippen LogP contribution in [0.15, 0.2) is 42.7 Å². The number of aromatic nitrogens is 4. The molecule has 1 fully saturated rings. The predicted molar refractivity (Wildman–Crippen MR) is 122 cm³/mol. The number of hydrogen-bond donors (Lipinski definition) is 1. The molecule has 1 unspecified atom stereocenters. The van der Waals surface area contributed by atoms with E-state index in [1.807, 2.05) is 12.1 Å². The first-order valence-corrected chi connectivity index (χ1v) is 11.4. The highest BCUT2D eigenvalue weighted by atomic mass is 16.2. The Morgan fingerprint density at radius 1 is 1.13 bits per heavy atom. The first kappa shape index (κ1) is 21.3. The number of carbonyl (C=O) groups excluding carboxylic acids is 1. The van der Waals surface area contributed by atoms with E-state index in [0.717, 1.165) is 50.2 Å². The van der Waals surface area contributed by atoms with E-state index in [2.05, 4.69) is 70.5 Å². The minimum Gasteiger partial charge on any atom is -0.355 e. The summed E-state index contributed by atoms with van der Waals surface area (Å²) in [6, 6.07) is 12.7. The lowest BCUT2D eigenvalue weighted by Crippen LogP contribution is -2.42. The number of fused-ring (bicyclic) bond motifs is 1. The Bertz CT molecular complexity index is 1000. The normalized spacial score (nSPS) is 16.1. The van der Waals surface area contributed by atoms with Crippen LogP contribution in [0.1, 0.15) is 57.2 Å². The summed E-state index contributed by atoms with van der Waals surface area (Å²) in [6.07, 6.45) is 5.50. The zero-order valence-corrected chi connectivity index (χ0v) is 18.7. The van der Waals surface area contributed by atoms with Crippen molar-refractivity contribution in [1.29, 1.82) is 0 Å². The van der Waals surface area contributed by atoms with Crippen LogP contribution in [0, 0.1) is 11.8 Å². The summed E-state index contributed by atoms with van der Waals surface area (Å²) in [6.45, 7) is 8.16. The first-order chi connectivity index (χ1) is 15.0. The average Bonchev–Trinajstić information content (AvgIpc) is 3.26. The molecule has 1 saturated heterocycles. The summed E-state index contributed by atoms with van der Waals surface area (Å²) in [5, 5.41) is 15.8. The molecule has 3 heterocycles. The highest BCUT2D eigenvalue weighted by molar-refractivity contribution is 5.79. The summed E-state index contributed by atoms with van der Waals surface area (Å²) in [4.78, 5) is 15.3. The summed E-state index contributed by atoms with van der Waals surface area (Å²) < 4.78 is 1.69. The molecule has 1 N–H and O–H groups in total. The topological polar surface area (TPSA) is 75.4 Å². The van der Waals surface area contributed by atoms with Crippen LogP contribution in [-0.2, 0) is 11.2 Å². The third kappa shape index (κ3) is 4.86. The fraction of sp³-hybridized carbons (Fsp3) is 0.500. The Kier molecular flexibility index (Phi) is 6.49. The van der Waals surface area contributed by atoms with Crippen molar-refractivity contribution in [2.75, 3.05) is 18.0 Å². The average molecular weight is 421 g/mol. The van der Waals surface area contributed by atoms with Gasteiger partial charge in [-0.15, -0.1) is 15.3 Å². The fourth-order valence-corrected chi connectivity index (χ4v) is 4.34. The molecule has 1 aliphatic rings. The Morgan fingerprint density at radius 2 is 1.87 bits per heavy atom. The Labute approximate surface area is 183 Å². The van der Waals surface area contributed by atoms with Crippen LogP contribution in [0.25, 0.3) is 5.65 Å². The lowest BCUT2D eigenvalue weighted by molar-refractivity contribution is -0.126. The number of anilines is 1. The van der Waals surface area contributed by atoms with Crippen LogP contribution >= 0.6 is 0 Å². The molecule has 1 aliphatic heterocycles. The smallest absolute Gasteiger partial charge is 0.223 e. The molecule has 0 radical (unpaired) electrons. The molecular formula is C24H32N6O. The number of nitrogens with one attached hydrogen (secondary N) is 1. The van der Waals surface area contributed by atoms with Gasteiger partial charge in [-0.05, 0) is 48.4 Å². The molecule has 4 rings (SSSR count). The molecule has 7 nitrogen and oxygen atoms in total. The molecule has 1 atom stereocenters. The van der Waals surface area contributed by atoms with Crippen molar-refractivity contribution in [3.05, 3.63) is 53.9 Å². The van der Waals surface area contributed by atoms with Crippen molar-refractivity contribution in [3.8, 4) is 0 Å². The molecule has 0 spiro atoms. The van der Waals surface area contributed by atoms with Gasteiger partial charge in [-0.3, -0.25) is 4.79 Å². The lowest BCUT2D eigenvalue weighted by Gasteiger charge is -2.33. The van der Waals surface area contributed by atoms with Crippen LogP contribution in [0.4, 0.5) is 5.82 Å². The van der Waals surface area contributed by atoms with E-state index in [1.165, 1.54) is 11.1 Å². The van der Waals surface area contributed by atoms with Crippen LogP contribution in [0.5, 0.6) is 0 Å². The summed E-state index contributed by atoms with van der Waals surface area (Å²) in [5.74, 6) is 1.44. The van der Waals surface area contributed by atoms with Gasteiger partial charge in [0.25, 0.3) is 0 Å². The van der Waals surface area contributed by atoms with E-state index < -0.39 is 0 Å². The minimum absolute atomic E-state index is 0.0375. The lowest BCUT2D eigenvalue weighted by atomic mass is 9.91. The van der Waals surface area contributed by atoms with E-state index in [-0.39, 0.29) is 17.9 Å². The van der Waals surface area contributed by atoms with Gasteiger partial charge in [-0.25, -0.2) is 0 Å². The molecule has 7 heteroatoms. The fourth-order valence-electron chi connectivity index (χ4n) is 4.34. The van der Waals surface area contributed by atoms with Gasteiger partial charge in [0, 0.05) is 19.0 Å². The number of carbonyl (C=O) groups is 1. The second-order valence-electron chi connectivity index (χ2n) is 8.81. The van der Waals surface area contributed by atoms with Crippen LogP contribution < -0.4 is 10.2 Å². The number of nitrogens with zero attached hydrogens (tertiary/aromatic N) is 5. The van der Waals surface area contributed by atoms with Crippen molar-refractivity contribution >= 4 is 17.4 Å². The second kappa shape index (κ2) is 9.45. The number of benzene rings is 1. The maximum atomic E-state index is 13.1. The van der Waals surface area contributed by atoms with Gasteiger partial charge >= 0.3 is 0 Å². The summed E-state index contributed by atoms with van der Waals surface area (Å²) in [7, 11) is 0. The van der Waals surface area contributed by atoms with Crippen molar-refractivity contribution in [2.45, 2.75) is 52.5 Å². The van der Waals surface area contributed by atoms with Gasteiger partial charge in [-0.2, -0.15) is 4.52 Å². The van der Waals surface area contributed by atoms with Gasteiger partial charge in [-0.1, -0.05) is 51.5 Å². The van der Waals surface area contributed by atoms with E-state index in [4.69, 9.17) is 0 Å². The second-order valence-corrected chi connectivity index (χ2v) is 8.81. The quantitative estimate of drug-likeness (QED) is 0.629. The zero-order chi connectivity index (χ0) is 21.8. The number of hydrogen-bond acceptors (Lipinski definition) is 5. The molecule has 2 aromatic heterocycles. The van der Waals surface area contributed by atoms with E-state index in [0.29, 0.717) is 5.92 Å². The van der Waals surface area contributed by atoms with Crippen molar-refractivity contribution in [3.63, 3.8) is 0 Å². The van der Waals surface area contributed by atoms with Gasteiger partial charge in [0.2, 0.25) is 5.91 Å². The number of aryl methyl sites for hydroxylation is 1.